The monoisotopic (exact) mass is 429 g/mol. The topological polar surface area (TPSA) is 61.6 Å². The van der Waals surface area contributed by atoms with Gasteiger partial charge in [-0.05, 0) is 51.4 Å². The molecule has 1 saturated heterocycles. The number of fused-ring (bicyclic) bond motifs is 2. The van der Waals surface area contributed by atoms with E-state index in [2.05, 4.69) is 66.3 Å². The molecule has 0 bridgehead atoms. The molecule has 2 aromatic carbocycles. The van der Waals surface area contributed by atoms with Crippen molar-refractivity contribution < 1.29 is 0 Å². The number of hydrogen-bond donors (Lipinski definition) is 1. The van der Waals surface area contributed by atoms with Gasteiger partial charge in [-0.15, -0.1) is 10.2 Å². The van der Waals surface area contributed by atoms with Crippen LogP contribution in [-0.4, -0.2) is 63.4 Å². The van der Waals surface area contributed by atoms with E-state index >= 15 is 0 Å². The lowest BCUT2D eigenvalue weighted by atomic mass is 10.0. The number of aryl methyl sites for hydroxylation is 1. The number of aliphatic imine (C=N–C) groups is 1. The average Bonchev–Trinajstić information content (AvgIpc) is 3.16. The molecule has 32 heavy (non-hydrogen) atoms. The Morgan fingerprint density at radius 2 is 1.78 bits per heavy atom. The number of amidine groups is 1. The van der Waals surface area contributed by atoms with Crippen molar-refractivity contribution in [3.05, 3.63) is 65.9 Å². The van der Waals surface area contributed by atoms with Crippen molar-refractivity contribution in [2.24, 2.45) is 4.99 Å². The van der Waals surface area contributed by atoms with Gasteiger partial charge in [0.05, 0.1) is 17.4 Å². The first-order valence-corrected chi connectivity index (χ1v) is 11.5. The Labute approximate surface area is 189 Å². The summed E-state index contributed by atoms with van der Waals surface area (Å²) < 4.78 is 0. The molecule has 2 aliphatic rings. The van der Waals surface area contributed by atoms with Crippen LogP contribution >= 0.6 is 0 Å². The van der Waals surface area contributed by atoms with E-state index in [9.17, 15) is 0 Å². The van der Waals surface area contributed by atoms with E-state index in [4.69, 9.17) is 15.2 Å². The van der Waals surface area contributed by atoms with E-state index < -0.39 is 0 Å². The van der Waals surface area contributed by atoms with E-state index in [-0.39, 0.29) is 6.04 Å². The van der Waals surface area contributed by atoms with Crippen LogP contribution in [0.15, 0.2) is 59.6 Å². The lowest BCUT2D eigenvalue weighted by molar-refractivity contribution is 0.134. The van der Waals surface area contributed by atoms with Crippen LogP contribution in [0, 0.1) is 0 Å². The van der Waals surface area contributed by atoms with Gasteiger partial charge in [0.15, 0.2) is 17.3 Å². The van der Waals surface area contributed by atoms with Gasteiger partial charge in [-0.3, -0.25) is 4.90 Å². The Hall–Kier alpha value is -3.19. The number of nitrogens with one attached hydrogen (secondary N) is 1. The summed E-state index contributed by atoms with van der Waals surface area (Å²) in [5.74, 6) is 1.70. The fourth-order valence-electron chi connectivity index (χ4n) is 4.41. The third-order valence-electron chi connectivity index (χ3n) is 6.37. The van der Waals surface area contributed by atoms with Crippen LogP contribution in [0.3, 0.4) is 0 Å². The van der Waals surface area contributed by atoms with Gasteiger partial charge in [0.25, 0.3) is 0 Å². The van der Waals surface area contributed by atoms with Gasteiger partial charge in [0.1, 0.15) is 0 Å². The largest absolute Gasteiger partial charge is 0.352 e. The normalized spacial score (nSPS) is 18.6. The number of piperazine rings is 1. The quantitative estimate of drug-likeness (QED) is 0.672. The Morgan fingerprint density at radius 1 is 1.00 bits per heavy atom. The highest BCUT2D eigenvalue weighted by Crippen LogP contribution is 2.34. The predicted octanol–water partition coefficient (Wildman–Crippen LogP) is 4.24. The molecule has 7 heteroatoms. The van der Waals surface area contributed by atoms with E-state index in [1.54, 1.807) is 4.80 Å². The first-order chi connectivity index (χ1) is 15.6. The molecule has 3 aromatic rings. The number of likely N-dealkylation sites (N-methyl/N-ethyl adjacent to an activating group) is 1. The van der Waals surface area contributed by atoms with E-state index in [1.165, 1.54) is 5.56 Å². The predicted molar refractivity (Wildman–Crippen MR) is 129 cm³/mol. The van der Waals surface area contributed by atoms with Gasteiger partial charge in [0.2, 0.25) is 0 Å². The molecule has 1 N–H and O–H groups in total. The van der Waals surface area contributed by atoms with Crippen molar-refractivity contribution in [1.82, 2.24) is 24.8 Å². The number of hydrogen-bond acceptors (Lipinski definition) is 6. The van der Waals surface area contributed by atoms with Crippen LogP contribution < -0.4 is 5.32 Å². The second kappa shape index (κ2) is 8.74. The van der Waals surface area contributed by atoms with Crippen molar-refractivity contribution in [2.75, 3.05) is 32.0 Å². The van der Waals surface area contributed by atoms with Crippen molar-refractivity contribution in [3.8, 4) is 0 Å². The van der Waals surface area contributed by atoms with Crippen molar-refractivity contribution in [3.63, 3.8) is 0 Å². The fraction of sp³-hybridized carbons (Fsp3) is 0.400. The lowest BCUT2D eigenvalue weighted by Crippen LogP contribution is -2.53. The van der Waals surface area contributed by atoms with E-state index in [1.807, 2.05) is 24.3 Å². The Kier molecular flexibility index (Phi) is 5.66. The molecule has 0 saturated carbocycles. The zero-order valence-electron chi connectivity index (χ0n) is 19.1. The molecular weight excluding hydrogens is 398 g/mol. The van der Waals surface area contributed by atoms with Gasteiger partial charge in [0, 0.05) is 25.7 Å². The summed E-state index contributed by atoms with van der Waals surface area (Å²) in [6.07, 6.45) is 2.19. The third kappa shape index (κ3) is 4.12. The van der Waals surface area contributed by atoms with Crippen molar-refractivity contribution in [2.45, 2.75) is 38.8 Å². The van der Waals surface area contributed by atoms with E-state index in [0.717, 1.165) is 61.2 Å². The van der Waals surface area contributed by atoms with Gasteiger partial charge in [-0.1, -0.05) is 42.5 Å². The molecule has 1 fully saturated rings. The molecule has 166 valence electrons. The van der Waals surface area contributed by atoms with Gasteiger partial charge in [-0.25, -0.2) is 4.99 Å². The maximum atomic E-state index is 5.10. The molecule has 0 spiro atoms. The van der Waals surface area contributed by atoms with Crippen molar-refractivity contribution >= 4 is 23.0 Å². The minimum atomic E-state index is 0.186. The maximum Gasteiger partial charge on any atom is 0.184 e. The molecule has 5 rings (SSSR count). The lowest BCUT2D eigenvalue weighted by Gasteiger charge is -2.40. The summed E-state index contributed by atoms with van der Waals surface area (Å²) >= 11 is 0. The molecule has 0 amide bonds. The molecule has 2 aliphatic heterocycles. The van der Waals surface area contributed by atoms with E-state index in [0.29, 0.717) is 6.04 Å². The van der Waals surface area contributed by atoms with Gasteiger partial charge >= 0.3 is 0 Å². The molecule has 0 unspecified atom stereocenters. The Bertz CT molecular complexity index is 1100. The average molecular weight is 430 g/mol. The Balaban J connectivity index is 1.44. The standard InChI is InChI=1S/C25H31N7/c1-18(2)32-28-23-24(29-32)26-21-11-7-8-12-22(21)27-25(23)31-16-15-30(3)20(17-31)14-13-19-9-5-4-6-10-19/h4-12,18,20H,13-17H2,1-3H3,(H,26,29)/t20-/m0/s1. The first kappa shape index (κ1) is 20.7. The highest BCUT2D eigenvalue weighted by Gasteiger charge is 2.31. The zero-order valence-corrected chi connectivity index (χ0v) is 19.1. The number of rotatable bonds is 4. The third-order valence-corrected chi connectivity index (χ3v) is 6.37. The van der Waals surface area contributed by atoms with Crippen LogP contribution in [0.2, 0.25) is 0 Å². The number of anilines is 2. The summed E-state index contributed by atoms with van der Waals surface area (Å²) in [6.45, 7) is 7.05. The molecule has 1 aromatic heterocycles. The number of aromatic nitrogens is 3. The second-order valence-electron chi connectivity index (χ2n) is 8.99. The molecular formula is C25H31N7. The summed E-state index contributed by atoms with van der Waals surface area (Å²) in [5.41, 5.74) is 4.12. The molecule has 0 aliphatic carbocycles. The number of para-hydroxylation sites is 2. The van der Waals surface area contributed by atoms with Crippen molar-refractivity contribution in [1.29, 1.82) is 0 Å². The zero-order chi connectivity index (χ0) is 22.1. The number of benzene rings is 2. The number of nitrogens with zero attached hydrogens (tertiary/aromatic N) is 6. The second-order valence-corrected chi connectivity index (χ2v) is 8.99. The molecule has 1 atom stereocenters. The Morgan fingerprint density at radius 3 is 2.59 bits per heavy atom. The first-order valence-electron chi connectivity index (χ1n) is 11.5. The minimum absolute atomic E-state index is 0.186. The van der Waals surface area contributed by atoms with Crippen LogP contribution in [0.4, 0.5) is 17.2 Å². The van der Waals surface area contributed by atoms with Gasteiger partial charge < -0.3 is 10.2 Å². The smallest absolute Gasteiger partial charge is 0.184 e. The molecule has 7 nitrogen and oxygen atoms in total. The summed E-state index contributed by atoms with van der Waals surface area (Å²) in [7, 11) is 2.24. The van der Waals surface area contributed by atoms with Crippen LogP contribution in [-0.2, 0) is 6.42 Å². The molecule has 0 radical (unpaired) electrons. The maximum absolute atomic E-state index is 5.10. The SMILES string of the molecule is CC(C)n1nc2c(n1)C(N1CCN(C)[C@@H](CCc3ccccc3)C1)=Nc1ccccc1N2. The molecule has 3 heterocycles. The highest BCUT2D eigenvalue weighted by atomic mass is 15.5. The summed E-state index contributed by atoms with van der Waals surface area (Å²) in [4.78, 5) is 11.8. The van der Waals surface area contributed by atoms with Crippen LogP contribution in [0.1, 0.15) is 37.6 Å². The van der Waals surface area contributed by atoms with Crippen LogP contribution in [0.25, 0.3) is 0 Å². The minimum Gasteiger partial charge on any atom is -0.352 e. The summed E-state index contributed by atoms with van der Waals surface area (Å²) in [5, 5.41) is 13.1. The fourth-order valence-corrected chi connectivity index (χ4v) is 4.41. The van der Waals surface area contributed by atoms with Gasteiger partial charge in [-0.2, -0.15) is 4.80 Å². The highest BCUT2D eigenvalue weighted by molar-refractivity contribution is 6.05. The van der Waals surface area contributed by atoms with Crippen LogP contribution in [0.5, 0.6) is 0 Å². The summed E-state index contributed by atoms with van der Waals surface area (Å²) in [6, 6.07) is 19.6.